The zero-order valence-corrected chi connectivity index (χ0v) is 15.0. The number of hydrogen-bond donors (Lipinski definition) is 2. The molecule has 3 aromatic rings. The van der Waals surface area contributed by atoms with Crippen LogP contribution in [0.15, 0.2) is 47.2 Å². The molecule has 9 heteroatoms. The van der Waals surface area contributed by atoms with Crippen LogP contribution in [0.3, 0.4) is 0 Å². The lowest BCUT2D eigenvalue weighted by molar-refractivity contribution is 0.102. The summed E-state index contributed by atoms with van der Waals surface area (Å²) in [6, 6.07) is 10.1. The highest BCUT2D eigenvalue weighted by Crippen LogP contribution is 2.28. The second kappa shape index (κ2) is 6.71. The molecule has 0 saturated heterocycles. The number of carbonyl (C=O) groups excluding carboxylic acids is 1. The van der Waals surface area contributed by atoms with Gasteiger partial charge in [-0.15, -0.1) is 22.7 Å². The maximum Gasteiger partial charge on any atom is 0.257 e. The van der Waals surface area contributed by atoms with Gasteiger partial charge in [0.05, 0.1) is 16.8 Å². The molecule has 0 atom stereocenters. The summed E-state index contributed by atoms with van der Waals surface area (Å²) in [7, 11) is -3.34. The van der Waals surface area contributed by atoms with Gasteiger partial charge in [0.2, 0.25) is 10.0 Å². The summed E-state index contributed by atoms with van der Waals surface area (Å²) in [5, 5.41) is 7.12. The van der Waals surface area contributed by atoms with Crippen LogP contribution in [0.4, 0.5) is 10.8 Å². The van der Waals surface area contributed by atoms with Crippen molar-refractivity contribution in [2.45, 2.75) is 0 Å². The van der Waals surface area contributed by atoms with Crippen LogP contribution in [0.25, 0.3) is 10.6 Å². The largest absolute Gasteiger partial charge is 0.298 e. The molecule has 2 heterocycles. The number of thiazole rings is 1. The number of rotatable bonds is 5. The summed E-state index contributed by atoms with van der Waals surface area (Å²) in [6.07, 6.45) is 1.07. The fraction of sp³-hybridized carbons (Fsp3) is 0.0667. The van der Waals surface area contributed by atoms with Gasteiger partial charge >= 0.3 is 0 Å². The van der Waals surface area contributed by atoms with Crippen LogP contribution in [0.1, 0.15) is 10.4 Å². The van der Waals surface area contributed by atoms with Crippen molar-refractivity contribution >= 4 is 49.4 Å². The third-order valence-corrected chi connectivity index (χ3v) is 5.21. The van der Waals surface area contributed by atoms with Crippen molar-refractivity contribution in [1.82, 2.24) is 4.98 Å². The second-order valence-electron chi connectivity index (χ2n) is 4.92. The van der Waals surface area contributed by atoms with Gasteiger partial charge in [-0.2, -0.15) is 0 Å². The number of thiophene rings is 1. The van der Waals surface area contributed by atoms with Gasteiger partial charge in [0.25, 0.3) is 5.91 Å². The van der Waals surface area contributed by atoms with E-state index >= 15 is 0 Å². The molecule has 0 aliphatic heterocycles. The minimum atomic E-state index is -3.34. The zero-order chi connectivity index (χ0) is 17.2. The maximum absolute atomic E-state index is 12.2. The molecule has 0 radical (unpaired) electrons. The van der Waals surface area contributed by atoms with Crippen LogP contribution in [0.2, 0.25) is 0 Å². The van der Waals surface area contributed by atoms with E-state index < -0.39 is 10.0 Å². The van der Waals surface area contributed by atoms with Crippen molar-refractivity contribution in [3.8, 4) is 10.6 Å². The highest BCUT2D eigenvalue weighted by atomic mass is 32.2. The highest BCUT2D eigenvalue weighted by molar-refractivity contribution is 7.92. The highest BCUT2D eigenvalue weighted by Gasteiger charge is 2.11. The standard InChI is InChI=1S/C15H13N3O3S3/c1-24(20,21)18-11-6-4-10(5-7-11)14(19)17-15-16-12(9-23-15)13-3-2-8-22-13/h2-9,18H,1H3,(H,16,17,19). The first kappa shape index (κ1) is 16.6. The Morgan fingerprint density at radius 2 is 1.88 bits per heavy atom. The molecule has 1 amide bonds. The number of nitrogens with zero attached hydrogens (tertiary/aromatic N) is 1. The normalized spacial score (nSPS) is 11.2. The van der Waals surface area contributed by atoms with Crippen molar-refractivity contribution in [3.63, 3.8) is 0 Å². The molecule has 124 valence electrons. The van der Waals surface area contributed by atoms with E-state index in [4.69, 9.17) is 0 Å². The van der Waals surface area contributed by atoms with Gasteiger partial charge in [0.1, 0.15) is 0 Å². The van der Waals surface area contributed by atoms with Gasteiger partial charge in [-0.3, -0.25) is 14.8 Å². The van der Waals surface area contributed by atoms with E-state index in [9.17, 15) is 13.2 Å². The molecule has 24 heavy (non-hydrogen) atoms. The lowest BCUT2D eigenvalue weighted by Gasteiger charge is -2.05. The summed E-state index contributed by atoms with van der Waals surface area (Å²) in [5.74, 6) is -0.298. The van der Waals surface area contributed by atoms with Gasteiger partial charge in [-0.1, -0.05) is 6.07 Å². The average Bonchev–Trinajstić information content (AvgIpc) is 3.16. The SMILES string of the molecule is CS(=O)(=O)Nc1ccc(C(=O)Nc2nc(-c3cccs3)cs2)cc1. The lowest BCUT2D eigenvalue weighted by Crippen LogP contribution is -2.12. The first-order chi connectivity index (χ1) is 11.4. The molecule has 3 rings (SSSR count). The number of nitrogens with one attached hydrogen (secondary N) is 2. The molecule has 2 N–H and O–H groups in total. The van der Waals surface area contributed by atoms with Crippen molar-refractivity contribution in [3.05, 3.63) is 52.7 Å². The van der Waals surface area contributed by atoms with E-state index in [2.05, 4.69) is 15.0 Å². The van der Waals surface area contributed by atoms with Gasteiger partial charge in [-0.05, 0) is 35.7 Å². The smallest absolute Gasteiger partial charge is 0.257 e. The number of hydrogen-bond acceptors (Lipinski definition) is 6. The Morgan fingerprint density at radius 3 is 2.50 bits per heavy atom. The molecule has 2 aromatic heterocycles. The molecule has 0 bridgehead atoms. The molecular formula is C15H13N3O3S3. The third kappa shape index (κ3) is 4.19. The minimum absolute atomic E-state index is 0.298. The number of carbonyl (C=O) groups is 1. The Balaban J connectivity index is 1.69. The molecule has 0 unspecified atom stereocenters. The van der Waals surface area contributed by atoms with Crippen molar-refractivity contribution < 1.29 is 13.2 Å². The van der Waals surface area contributed by atoms with E-state index in [1.807, 2.05) is 22.9 Å². The Labute approximate surface area is 147 Å². The van der Waals surface area contributed by atoms with Gasteiger partial charge in [0, 0.05) is 16.6 Å². The van der Waals surface area contributed by atoms with Crippen LogP contribution in [0, 0.1) is 0 Å². The zero-order valence-electron chi connectivity index (χ0n) is 12.5. The van der Waals surface area contributed by atoms with E-state index in [1.54, 1.807) is 23.5 Å². The topological polar surface area (TPSA) is 88.2 Å². The van der Waals surface area contributed by atoms with Crippen LogP contribution >= 0.6 is 22.7 Å². The lowest BCUT2D eigenvalue weighted by atomic mass is 10.2. The van der Waals surface area contributed by atoms with Crippen molar-refractivity contribution in [1.29, 1.82) is 0 Å². The fourth-order valence-electron chi connectivity index (χ4n) is 1.94. The Bertz CT molecular complexity index is 946. The first-order valence-corrected chi connectivity index (χ1v) is 10.4. The summed E-state index contributed by atoms with van der Waals surface area (Å²) < 4.78 is 24.7. The first-order valence-electron chi connectivity index (χ1n) is 6.79. The van der Waals surface area contributed by atoms with Crippen LogP contribution in [-0.2, 0) is 10.0 Å². The fourth-order valence-corrected chi connectivity index (χ4v) is 3.97. The van der Waals surface area contributed by atoms with Gasteiger partial charge < -0.3 is 0 Å². The van der Waals surface area contributed by atoms with Crippen LogP contribution < -0.4 is 10.0 Å². The molecule has 6 nitrogen and oxygen atoms in total. The number of benzene rings is 1. The third-order valence-electron chi connectivity index (χ3n) is 2.95. The van der Waals surface area contributed by atoms with Crippen LogP contribution in [-0.4, -0.2) is 25.6 Å². The maximum atomic E-state index is 12.2. The minimum Gasteiger partial charge on any atom is -0.298 e. The molecule has 0 aliphatic rings. The Kier molecular flexibility index (Phi) is 4.65. The summed E-state index contributed by atoms with van der Waals surface area (Å²) in [6.45, 7) is 0. The van der Waals surface area contributed by atoms with Crippen molar-refractivity contribution in [2.75, 3.05) is 16.3 Å². The number of aromatic nitrogens is 1. The predicted octanol–water partition coefficient (Wildman–Crippen LogP) is 3.50. The number of sulfonamides is 1. The molecule has 0 saturated carbocycles. The average molecular weight is 379 g/mol. The monoisotopic (exact) mass is 379 g/mol. The predicted molar refractivity (Wildman–Crippen MR) is 98.3 cm³/mol. The summed E-state index contributed by atoms with van der Waals surface area (Å²) in [5.41, 5.74) is 1.66. The Morgan fingerprint density at radius 1 is 1.12 bits per heavy atom. The number of anilines is 2. The summed E-state index contributed by atoms with van der Waals surface area (Å²) >= 11 is 2.94. The van der Waals surface area contributed by atoms with E-state index in [0.717, 1.165) is 16.8 Å². The Hall–Kier alpha value is -2.23. The van der Waals surface area contributed by atoms with Gasteiger partial charge in [0.15, 0.2) is 5.13 Å². The second-order valence-corrected chi connectivity index (χ2v) is 8.48. The van der Waals surface area contributed by atoms with E-state index in [0.29, 0.717) is 16.4 Å². The van der Waals surface area contributed by atoms with Crippen molar-refractivity contribution in [2.24, 2.45) is 0 Å². The molecule has 1 aromatic carbocycles. The molecule has 0 aliphatic carbocycles. The van der Waals surface area contributed by atoms with Gasteiger partial charge in [-0.25, -0.2) is 13.4 Å². The molecule has 0 spiro atoms. The van der Waals surface area contributed by atoms with Crippen LogP contribution in [0.5, 0.6) is 0 Å². The van der Waals surface area contributed by atoms with E-state index in [1.165, 1.54) is 23.5 Å². The summed E-state index contributed by atoms with van der Waals surface area (Å²) in [4.78, 5) is 17.7. The quantitative estimate of drug-likeness (QED) is 0.710. The molecular weight excluding hydrogens is 366 g/mol. The van der Waals surface area contributed by atoms with E-state index in [-0.39, 0.29) is 5.91 Å². The molecule has 0 fully saturated rings. The number of amides is 1.